The van der Waals surface area contributed by atoms with Crippen LogP contribution in [0.3, 0.4) is 0 Å². The van der Waals surface area contributed by atoms with Crippen LogP contribution in [-0.4, -0.2) is 12.4 Å². The molecule has 0 fully saturated rings. The van der Waals surface area contributed by atoms with Gasteiger partial charge in [0, 0.05) is 5.57 Å². The first-order valence-electron chi connectivity index (χ1n) is 6.46. The molecule has 0 unspecified atom stereocenters. The molecule has 0 amide bonds. The molecule has 0 bridgehead atoms. The summed E-state index contributed by atoms with van der Waals surface area (Å²) in [5.74, 6) is -0.305. The molecule has 104 valence electrons. The maximum atomic E-state index is 12.1. The van der Waals surface area contributed by atoms with E-state index in [9.17, 15) is 9.90 Å². The Balaban J connectivity index is 0.00000220. The van der Waals surface area contributed by atoms with Gasteiger partial charge in [-0.15, -0.1) is 0 Å². The van der Waals surface area contributed by atoms with Gasteiger partial charge in [0.15, 0.2) is 5.78 Å². The number of benzene rings is 1. The van der Waals surface area contributed by atoms with Crippen LogP contribution in [0.5, 0.6) is 0 Å². The van der Waals surface area contributed by atoms with Gasteiger partial charge < -0.3 is 9.84 Å². The van der Waals surface area contributed by atoms with Gasteiger partial charge in [-0.3, -0.25) is 4.79 Å². The van der Waals surface area contributed by atoms with Crippen LogP contribution in [0.15, 0.2) is 65.0 Å². The van der Waals surface area contributed by atoms with Crippen molar-refractivity contribution in [2.75, 3.05) is 6.61 Å². The minimum absolute atomic E-state index is 0. The SMILES string of the molecule is C=C1C(=O)C(C)=C(C)C([O-])=C1COCc1ccccc1.[Li+]. The van der Waals surface area contributed by atoms with Crippen LogP contribution >= 0.6 is 0 Å². The van der Waals surface area contributed by atoms with Crippen LogP contribution in [0.1, 0.15) is 19.4 Å². The van der Waals surface area contributed by atoms with Crippen LogP contribution in [0.4, 0.5) is 0 Å². The van der Waals surface area contributed by atoms with Gasteiger partial charge in [0.05, 0.1) is 13.2 Å². The van der Waals surface area contributed by atoms with Crippen molar-refractivity contribution >= 4 is 5.78 Å². The summed E-state index contributed by atoms with van der Waals surface area (Å²) >= 11 is 0. The second-order valence-corrected chi connectivity index (χ2v) is 4.84. The van der Waals surface area contributed by atoms with Gasteiger partial charge >= 0.3 is 18.9 Å². The normalized spacial score (nSPS) is 15.3. The predicted molar refractivity (Wildman–Crippen MR) is 75.6 cm³/mol. The van der Waals surface area contributed by atoms with Crippen LogP contribution < -0.4 is 24.0 Å². The van der Waals surface area contributed by atoms with Crippen molar-refractivity contribution in [3.05, 3.63) is 70.5 Å². The fourth-order valence-corrected chi connectivity index (χ4v) is 2.07. The Bertz CT molecular complexity index is 612. The van der Waals surface area contributed by atoms with Gasteiger partial charge in [0.1, 0.15) is 0 Å². The van der Waals surface area contributed by atoms with Gasteiger partial charge in [-0.1, -0.05) is 48.2 Å². The van der Waals surface area contributed by atoms with E-state index in [0.29, 0.717) is 23.3 Å². The number of hydrogen-bond donors (Lipinski definition) is 0. The van der Waals surface area contributed by atoms with Crippen LogP contribution in [-0.2, 0) is 16.1 Å². The number of hydrogen-bond acceptors (Lipinski definition) is 3. The van der Waals surface area contributed by atoms with E-state index in [2.05, 4.69) is 6.58 Å². The summed E-state index contributed by atoms with van der Waals surface area (Å²) in [6, 6.07) is 9.68. The average molecular weight is 276 g/mol. The fourth-order valence-electron chi connectivity index (χ4n) is 2.07. The van der Waals surface area contributed by atoms with Gasteiger partial charge in [0.2, 0.25) is 0 Å². The third kappa shape index (κ3) is 3.77. The smallest absolute Gasteiger partial charge is 0.872 e. The summed E-state index contributed by atoms with van der Waals surface area (Å²) < 4.78 is 5.54. The summed E-state index contributed by atoms with van der Waals surface area (Å²) in [5, 5.41) is 12.1. The first kappa shape index (κ1) is 17.5. The van der Waals surface area contributed by atoms with Gasteiger partial charge in [-0.2, -0.15) is 0 Å². The van der Waals surface area contributed by atoms with Crippen molar-refractivity contribution in [3.63, 3.8) is 0 Å². The maximum Gasteiger partial charge on any atom is 1.00 e. The van der Waals surface area contributed by atoms with Crippen molar-refractivity contribution in [2.24, 2.45) is 0 Å². The maximum absolute atomic E-state index is 12.1. The van der Waals surface area contributed by atoms with E-state index >= 15 is 0 Å². The van der Waals surface area contributed by atoms with E-state index in [1.165, 1.54) is 0 Å². The van der Waals surface area contributed by atoms with Crippen LogP contribution in [0.25, 0.3) is 0 Å². The number of carbonyl (C=O) groups excluding carboxylic acids is 1. The first-order chi connectivity index (χ1) is 9.52. The Morgan fingerprint density at radius 2 is 1.71 bits per heavy atom. The first-order valence-corrected chi connectivity index (χ1v) is 6.46. The number of ether oxygens (including phenoxy) is 1. The molecule has 0 atom stereocenters. The van der Waals surface area contributed by atoms with Crippen LogP contribution in [0, 0.1) is 0 Å². The number of ketones is 1. The summed E-state index contributed by atoms with van der Waals surface area (Å²) in [6.45, 7) is 7.55. The van der Waals surface area contributed by atoms with E-state index < -0.39 is 0 Å². The molecule has 0 heterocycles. The van der Waals surface area contributed by atoms with E-state index in [4.69, 9.17) is 4.74 Å². The number of Topliss-reactive ketones (excluding diaryl/α,β-unsaturated/α-hetero) is 1. The molecular weight excluding hydrogens is 259 g/mol. The number of allylic oxidation sites excluding steroid dienone is 2. The zero-order valence-electron chi connectivity index (χ0n) is 12.7. The van der Waals surface area contributed by atoms with Crippen LogP contribution in [0.2, 0.25) is 0 Å². The van der Waals surface area contributed by atoms with E-state index in [0.717, 1.165) is 5.56 Å². The second kappa shape index (κ2) is 7.47. The molecule has 0 aromatic heterocycles. The van der Waals surface area contributed by atoms with E-state index in [1.54, 1.807) is 13.8 Å². The summed E-state index contributed by atoms with van der Waals surface area (Å²) in [6.07, 6.45) is 0. The molecule has 0 saturated carbocycles. The Morgan fingerprint density at radius 1 is 1.10 bits per heavy atom. The molecule has 1 aliphatic rings. The molecule has 0 radical (unpaired) electrons. The molecule has 0 N–H and O–H groups in total. The second-order valence-electron chi connectivity index (χ2n) is 4.84. The third-order valence-electron chi connectivity index (χ3n) is 3.51. The fraction of sp³-hybridized carbons (Fsp3) is 0.235. The predicted octanol–water partition coefficient (Wildman–Crippen LogP) is -0.703. The van der Waals surface area contributed by atoms with Crippen molar-refractivity contribution in [2.45, 2.75) is 20.5 Å². The molecule has 4 heteroatoms. The molecule has 0 aliphatic heterocycles. The summed E-state index contributed by atoms with van der Waals surface area (Å²) in [5.41, 5.74) is 2.62. The van der Waals surface area contributed by atoms with Gasteiger partial charge in [-0.25, -0.2) is 0 Å². The molecule has 1 aromatic rings. The zero-order valence-corrected chi connectivity index (χ0v) is 12.7. The van der Waals surface area contributed by atoms with E-state index in [1.807, 2.05) is 30.3 Å². The molecular formula is C17H17LiO3. The summed E-state index contributed by atoms with van der Waals surface area (Å²) in [4.78, 5) is 11.9. The molecule has 2 rings (SSSR count). The molecule has 1 aliphatic carbocycles. The Kier molecular flexibility index (Phi) is 6.23. The molecule has 21 heavy (non-hydrogen) atoms. The van der Waals surface area contributed by atoms with Crippen molar-refractivity contribution in [1.82, 2.24) is 0 Å². The van der Waals surface area contributed by atoms with Crippen molar-refractivity contribution < 1.29 is 33.5 Å². The Labute approximate surface area is 137 Å². The number of rotatable bonds is 4. The topological polar surface area (TPSA) is 49.4 Å². The third-order valence-corrected chi connectivity index (χ3v) is 3.51. The van der Waals surface area contributed by atoms with Gasteiger partial charge in [-0.05, 0) is 30.6 Å². The molecule has 1 aromatic carbocycles. The molecule has 3 nitrogen and oxygen atoms in total. The summed E-state index contributed by atoms with van der Waals surface area (Å²) in [7, 11) is 0. The largest absolute Gasteiger partial charge is 1.00 e. The Morgan fingerprint density at radius 3 is 2.33 bits per heavy atom. The van der Waals surface area contributed by atoms with Crippen molar-refractivity contribution in [1.29, 1.82) is 0 Å². The quantitative estimate of drug-likeness (QED) is 0.539. The monoisotopic (exact) mass is 276 g/mol. The van der Waals surface area contributed by atoms with E-state index in [-0.39, 0.29) is 42.6 Å². The molecule has 0 spiro atoms. The minimum atomic E-state index is -0.166. The Hall–Kier alpha value is -1.53. The minimum Gasteiger partial charge on any atom is -0.872 e. The zero-order chi connectivity index (χ0) is 14.7. The average Bonchev–Trinajstić information content (AvgIpc) is 2.48. The van der Waals surface area contributed by atoms with Gasteiger partial charge in [0.25, 0.3) is 0 Å². The van der Waals surface area contributed by atoms with Crippen molar-refractivity contribution in [3.8, 4) is 0 Å². The standard InChI is InChI=1S/C17H18O3.Li/c1-11-12(2)17(19)15(13(3)16(11)18)10-20-9-14-7-5-4-6-8-14;/h4-8,19H,3,9-10H2,1-2H3;/q;+1/p-1. The molecule has 0 saturated heterocycles. The number of carbonyl (C=O) groups is 1.